The minimum absolute atomic E-state index is 0.00847. The van der Waals surface area contributed by atoms with E-state index in [0.29, 0.717) is 43.0 Å². The van der Waals surface area contributed by atoms with E-state index in [4.69, 9.17) is 14.6 Å². The van der Waals surface area contributed by atoms with Gasteiger partial charge in [-0.1, -0.05) is 39.0 Å². The van der Waals surface area contributed by atoms with E-state index in [1.165, 1.54) is 16.7 Å². The highest BCUT2D eigenvalue weighted by Crippen LogP contribution is 2.68. The van der Waals surface area contributed by atoms with Crippen molar-refractivity contribution in [2.45, 2.75) is 76.7 Å². The molecule has 0 heterocycles. The van der Waals surface area contributed by atoms with Crippen LogP contribution in [0.4, 0.5) is 4.79 Å². The molecule has 3 aliphatic carbocycles. The number of phenolic OH excluding ortho intramolecular Hbond substituents is 1. The molecule has 0 radical (unpaired) electrons. The number of carboxylic acid groups (broad SMARTS) is 1. The van der Waals surface area contributed by atoms with Crippen molar-refractivity contribution in [3.8, 4) is 11.5 Å². The number of rotatable bonds is 10. The average Bonchev–Trinajstić information content (AvgIpc) is 3.20. The molecule has 3 N–H and O–H groups in total. The third-order valence-corrected chi connectivity index (χ3v) is 10.7. The number of phenols is 1. The number of fused-ring (bicyclic) bond motifs is 5. The largest absolute Gasteiger partial charge is 0.508 e. The predicted octanol–water partition coefficient (Wildman–Crippen LogP) is 6.18. The fourth-order valence-corrected chi connectivity index (χ4v) is 8.47. The zero-order valence-electron chi connectivity index (χ0n) is 24.1. The molecule has 0 bridgehead atoms. The molecular weight excluding hydrogens is 506 g/mol. The van der Waals surface area contributed by atoms with Crippen LogP contribution >= 0.6 is 0 Å². The zero-order chi connectivity index (χ0) is 28.5. The second-order valence-electron chi connectivity index (χ2n) is 12.3. The third kappa shape index (κ3) is 5.30. The Labute approximate surface area is 238 Å². The van der Waals surface area contributed by atoms with Crippen LogP contribution < -0.4 is 4.74 Å². The first-order valence-corrected chi connectivity index (χ1v) is 15.0. The first-order valence-electron chi connectivity index (χ1n) is 15.0. The fourth-order valence-electron chi connectivity index (χ4n) is 8.47. The fraction of sp³-hybridized carbons (Fsp3) is 0.606. The molecule has 3 aliphatic rings. The van der Waals surface area contributed by atoms with E-state index in [-0.39, 0.29) is 17.9 Å². The molecular formula is C33H45NO6. The van der Waals surface area contributed by atoms with Gasteiger partial charge in [-0.25, -0.2) is 4.79 Å². The van der Waals surface area contributed by atoms with Gasteiger partial charge >= 0.3 is 6.16 Å². The number of aliphatic hydroxyl groups is 1. The monoisotopic (exact) mass is 551 g/mol. The summed E-state index contributed by atoms with van der Waals surface area (Å²) in [6.07, 6.45) is 3.37. The number of aromatic hydroxyl groups is 1. The van der Waals surface area contributed by atoms with Gasteiger partial charge in [0.15, 0.2) is 0 Å². The lowest BCUT2D eigenvalue weighted by atomic mass is 9.49. The van der Waals surface area contributed by atoms with Crippen molar-refractivity contribution >= 4 is 6.16 Å². The maximum atomic E-state index is 12.0. The Balaban J connectivity index is 1.44. The standard InChI is InChI=1S/C33H45NO6/c1-4-34(5-2)17-19-39-25-10-6-22(7-11-25)28-21-32(3)29(14-15-33(32,38)16-18-40-31(36)37)27-12-8-23-20-24(35)9-13-26(23)30(27)28/h6-7,9-11,13,20,27-30,35,38H,4-5,8,12,14-19,21H2,1-3H3,(H,36,37)/t27-,28+,29-,30+,32-,33+/m0/s1. The molecule has 6 atom stereocenters. The van der Waals surface area contributed by atoms with Gasteiger partial charge in [-0.3, -0.25) is 0 Å². The number of hydrogen-bond donors (Lipinski definition) is 3. The Morgan fingerprint density at radius 2 is 1.82 bits per heavy atom. The van der Waals surface area contributed by atoms with Gasteiger partial charge in [0, 0.05) is 18.4 Å². The Bertz CT molecular complexity index is 1180. The number of hydrogen-bond acceptors (Lipinski definition) is 6. The summed E-state index contributed by atoms with van der Waals surface area (Å²) in [5.41, 5.74) is 2.47. The molecule has 7 nitrogen and oxygen atoms in total. The van der Waals surface area contributed by atoms with Crippen molar-refractivity contribution in [1.29, 1.82) is 0 Å². The predicted molar refractivity (Wildman–Crippen MR) is 154 cm³/mol. The molecule has 0 spiro atoms. The van der Waals surface area contributed by atoms with E-state index in [0.717, 1.165) is 51.1 Å². The smallest absolute Gasteiger partial charge is 0.505 e. The average molecular weight is 552 g/mol. The normalized spacial score (nSPS) is 30.8. The molecule has 2 saturated carbocycles. The molecule has 0 aromatic heterocycles. The Hall–Kier alpha value is -2.77. The first kappa shape index (κ1) is 28.7. The van der Waals surface area contributed by atoms with E-state index in [1.807, 2.05) is 12.1 Å². The van der Waals surface area contributed by atoms with Crippen LogP contribution in [0.3, 0.4) is 0 Å². The highest BCUT2D eigenvalue weighted by molar-refractivity contribution is 5.56. The Morgan fingerprint density at radius 1 is 1.07 bits per heavy atom. The summed E-state index contributed by atoms with van der Waals surface area (Å²) >= 11 is 0. The van der Waals surface area contributed by atoms with Gasteiger partial charge in [0.2, 0.25) is 0 Å². The van der Waals surface area contributed by atoms with Crippen LogP contribution in [0.1, 0.15) is 81.4 Å². The minimum Gasteiger partial charge on any atom is -0.508 e. The van der Waals surface area contributed by atoms with Crippen molar-refractivity contribution in [2.24, 2.45) is 17.3 Å². The molecule has 0 unspecified atom stereocenters. The molecule has 5 rings (SSSR count). The first-order chi connectivity index (χ1) is 19.2. The zero-order valence-corrected chi connectivity index (χ0v) is 24.1. The molecule has 2 aromatic rings. The van der Waals surface area contributed by atoms with E-state index < -0.39 is 11.8 Å². The second-order valence-corrected chi connectivity index (χ2v) is 12.3. The van der Waals surface area contributed by atoms with Crippen LogP contribution in [-0.2, 0) is 11.2 Å². The molecule has 40 heavy (non-hydrogen) atoms. The van der Waals surface area contributed by atoms with Crippen molar-refractivity contribution in [2.75, 3.05) is 32.8 Å². The summed E-state index contributed by atoms with van der Waals surface area (Å²) in [5.74, 6) is 2.41. The molecule has 0 aliphatic heterocycles. The molecule has 2 aromatic carbocycles. The highest BCUT2D eigenvalue weighted by atomic mass is 16.7. The maximum Gasteiger partial charge on any atom is 0.505 e. The third-order valence-electron chi connectivity index (χ3n) is 10.7. The Kier molecular flexibility index (Phi) is 8.35. The van der Waals surface area contributed by atoms with Crippen molar-refractivity contribution in [3.05, 3.63) is 59.2 Å². The summed E-state index contributed by atoms with van der Waals surface area (Å²) in [6, 6.07) is 14.4. The van der Waals surface area contributed by atoms with Gasteiger partial charge in [-0.15, -0.1) is 0 Å². The number of nitrogens with zero attached hydrogens (tertiary/aromatic N) is 1. The van der Waals surface area contributed by atoms with Crippen molar-refractivity contribution in [1.82, 2.24) is 4.90 Å². The number of ether oxygens (including phenoxy) is 2. The number of benzene rings is 2. The van der Waals surface area contributed by atoms with Crippen LogP contribution in [0.15, 0.2) is 42.5 Å². The summed E-state index contributed by atoms with van der Waals surface area (Å²) in [4.78, 5) is 13.4. The van der Waals surface area contributed by atoms with Crippen molar-refractivity contribution < 1.29 is 29.6 Å². The Morgan fingerprint density at radius 3 is 2.52 bits per heavy atom. The maximum absolute atomic E-state index is 12.0. The lowest BCUT2D eigenvalue weighted by molar-refractivity contribution is -0.119. The van der Waals surface area contributed by atoms with Gasteiger partial charge in [-0.2, -0.15) is 0 Å². The van der Waals surface area contributed by atoms with Gasteiger partial charge in [0.05, 0.1) is 12.2 Å². The van der Waals surface area contributed by atoms with Gasteiger partial charge in [0.25, 0.3) is 0 Å². The molecule has 2 fully saturated rings. The quantitative estimate of drug-likeness (QED) is 0.303. The van der Waals surface area contributed by atoms with Crippen LogP contribution in [0.5, 0.6) is 11.5 Å². The number of carbonyl (C=O) groups is 1. The SMILES string of the molecule is CCN(CC)CCOc1ccc([C@H]2C[C@@]3(C)[C@@H](CC[C@@]3(O)CCOC(=O)O)[C@@H]3CCc4cc(O)ccc4[C@H]32)cc1. The van der Waals surface area contributed by atoms with E-state index in [2.05, 4.69) is 56.0 Å². The molecule has 0 amide bonds. The van der Waals surface area contributed by atoms with Crippen molar-refractivity contribution in [3.63, 3.8) is 0 Å². The van der Waals surface area contributed by atoms with Crippen LogP contribution in [0.25, 0.3) is 0 Å². The number of likely N-dealkylation sites (N-methyl/N-ethyl adjacent to an activating group) is 1. The lowest BCUT2D eigenvalue weighted by Crippen LogP contribution is -2.53. The topological polar surface area (TPSA) is 99.5 Å². The summed E-state index contributed by atoms with van der Waals surface area (Å²) in [5, 5.41) is 31.3. The summed E-state index contributed by atoms with van der Waals surface area (Å²) in [7, 11) is 0. The summed E-state index contributed by atoms with van der Waals surface area (Å²) in [6.45, 7) is 10.1. The van der Waals surface area contributed by atoms with Crippen LogP contribution in [0.2, 0.25) is 0 Å². The number of aryl methyl sites for hydroxylation is 1. The van der Waals surface area contributed by atoms with Gasteiger partial charge in [0.1, 0.15) is 18.1 Å². The van der Waals surface area contributed by atoms with E-state index >= 15 is 0 Å². The second kappa shape index (κ2) is 11.6. The van der Waals surface area contributed by atoms with Gasteiger partial charge < -0.3 is 29.7 Å². The van der Waals surface area contributed by atoms with Crippen LogP contribution in [-0.4, -0.2) is 64.8 Å². The molecule has 218 valence electrons. The molecule has 0 saturated heterocycles. The van der Waals surface area contributed by atoms with Crippen LogP contribution in [0, 0.1) is 17.3 Å². The minimum atomic E-state index is -1.29. The van der Waals surface area contributed by atoms with Gasteiger partial charge in [-0.05, 0) is 110 Å². The molecule has 7 heteroatoms. The van der Waals surface area contributed by atoms with E-state index in [9.17, 15) is 15.0 Å². The van der Waals surface area contributed by atoms with E-state index in [1.54, 1.807) is 0 Å². The highest BCUT2D eigenvalue weighted by Gasteiger charge is 2.63. The summed E-state index contributed by atoms with van der Waals surface area (Å²) < 4.78 is 10.9. The lowest BCUT2D eigenvalue weighted by Gasteiger charge is -2.56.